The van der Waals surface area contributed by atoms with Gasteiger partial charge in [-0.05, 0) is 24.5 Å². The van der Waals surface area contributed by atoms with Crippen LogP contribution in [0.25, 0.3) is 0 Å². The summed E-state index contributed by atoms with van der Waals surface area (Å²) in [5, 5.41) is 11.6. The molecular weight excluding hydrogens is 232 g/mol. The van der Waals surface area contributed by atoms with E-state index in [1.807, 2.05) is 0 Å². The Hall–Kier alpha value is -1.62. The van der Waals surface area contributed by atoms with Crippen molar-refractivity contribution in [3.63, 3.8) is 0 Å². The van der Waals surface area contributed by atoms with Crippen LogP contribution >= 0.6 is 0 Å². The van der Waals surface area contributed by atoms with E-state index in [0.29, 0.717) is 23.9 Å². The van der Waals surface area contributed by atoms with Crippen LogP contribution in [0.5, 0.6) is 5.75 Å². The summed E-state index contributed by atoms with van der Waals surface area (Å²) in [6.45, 7) is 4.77. The Morgan fingerprint density at radius 2 is 2.28 bits per heavy atom. The van der Waals surface area contributed by atoms with Crippen LogP contribution in [0.15, 0.2) is 18.3 Å². The molecule has 0 aliphatic rings. The van der Waals surface area contributed by atoms with E-state index in [1.54, 1.807) is 12.1 Å². The van der Waals surface area contributed by atoms with Gasteiger partial charge in [0.25, 0.3) is 5.91 Å². The maximum atomic E-state index is 11.4. The lowest BCUT2D eigenvalue weighted by Gasteiger charge is -2.08. The van der Waals surface area contributed by atoms with Gasteiger partial charge < -0.3 is 15.2 Å². The average Bonchev–Trinajstić information content (AvgIpc) is 2.36. The monoisotopic (exact) mass is 252 g/mol. The third kappa shape index (κ3) is 5.63. The van der Waals surface area contributed by atoms with E-state index in [0.717, 1.165) is 6.42 Å². The number of nitrogens with one attached hydrogen (secondary N) is 1. The molecule has 0 bridgehead atoms. The fraction of sp³-hybridized carbons (Fsp3) is 0.538. The predicted molar refractivity (Wildman–Crippen MR) is 68.1 cm³/mol. The van der Waals surface area contributed by atoms with Crippen molar-refractivity contribution in [2.24, 2.45) is 5.92 Å². The number of aromatic nitrogens is 1. The Labute approximate surface area is 107 Å². The molecule has 5 nitrogen and oxygen atoms in total. The smallest absolute Gasteiger partial charge is 0.257 e. The van der Waals surface area contributed by atoms with Crippen LogP contribution in [0.2, 0.25) is 0 Å². The first-order valence-electron chi connectivity index (χ1n) is 6.07. The molecule has 1 aromatic rings. The van der Waals surface area contributed by atoms with E-state index >= 15 is 0 Å². The van der Waals surface area contributed by atoms with E-state index in [9.17, 15) is 4.79 Å². The molecule has 1 aromatic heterocycles. The van der Waals surface area contributed by atoms with Crippen molar-refractivity contribution < 1.29 is 14.6 Å². The summed E-state index contributed by atoms with van der Waals surface area (Å²) >= 11 is 0. The summed E-state index contributed by atoms with van der Waals surface area (Å²) < 4.78 is 5.27. The summed E-state index contributed by atoms with van der Waals surface area (Å²) in [6.07, 6.45) is 2.45. The molecule has 0 atom stereocenters. The van der Waals surface area contributed by atoms with Gasteiger partial charge in [0.1, 0.15) is 5.75 Å². The second-order valence-electron chi connectivity index (χ2n) is 4.46. The van der Waals surface area contributed by atoms with E-state index in [4.69, 9.17) is 9.84 Å². The maximum absolute atomic E-state index is 11.4. The van der Waals surface area contributed by atoms with Crippen molar-refractivity contribution in [3.05, 3.63) is 24.0 Å². The third-order valence-electron chi connectivity index (χ3n) is 2.37. The molecule has 1 rings (SSSR count). The standard InChI is InChI=1S/C13H20N2O3/c1-10(2)5-6-14-13(17)9-18-12-4-3-11(8-16)15-7-12/h3-4,7,10,16H,5-6,8-9H2,1-2H3,(H,14,17). The van der Waals surface area contributed by atoms with Crippen molar-refractivity contribution in [1.29, 1.82) is 0 Å². The zero-order chi connectivity index (χ0) is 13.4. The molecule has 0 unspecified atom stereocenters. The lowest BCUT2D eigenvalue weighted by molar-refractivity contribution is -0.123. The Balaban J connectivity index is 2.24. The fourth-order valence-electron chi connectivity index (χ4n) is 1.29. The van der Waals surface area contributed by atoms with Gasteiger partial charge in [-0.1, -0.05) is 13.8 Å². The number of ether oxygens (including phenoxy) is 1. The maximum Gasteiger partial charge on any atom is 0.257 e. The SMILES string of the molecule is CC(C)CCNC(=O)COc1ccc(CO)nc1. The van der Waals surface area contributed by atoms with E-state index in [2.05, 4.69) is 24.1 Å². The van der Waals surface area contributed by atoms with Crippen molar-refractivity contribution >= 4 is 5.91 Å². The predicted octanol–water partition coefficient (Wildman–Crippen LogP) is 1.11. The number of amides is 1. The Bertz CT molecular complexity index is 363. The number of rotatable bonds is 7. The molecule has 100 valence electrons. The number of aliphatic hydroxyl groups is 1. The van der Waals surface area contributed by atoms with Crippen LogP contribution in [0.4, 0.5) is 0 Å². The molecular formula is C13H20N2O3. The summed E-state index contributed by atoms with van der Waals surface area (Å²) in [7, 11) is 0. The lowest BCUT2D eigenvalue weighted by Crippen LogP contribution is -2.30. The minimum absolute atomic E-state index is 0.0156. The molecule has 1 heterocycles. The zero-order valence-corrected chi connectivity index (χ0v) is 10.8. The van der Waals surface area contributed by atoms with E-state index in [1.165, 1.54) is 6.20 Å². The number of carbonyl (C=O) groups is 1. The number of hydrogen-bond acceptors (Lipinski definition) is 4. The van der Waals surface area contributed by atoms with Crippen LogP contribution in [-0.2, 0) is 11.4 Å². The fourth-order valence-corrected chi connectivity index (χ4v) is 1.29. The molecule has 0 fully saturated rings. The summed E-state index contributed by atoms with van der Waals surface area (Å²) in [5.41, 5.74) is 0.573. The highest BCUT2D eigenvalue weighted by molar-refractivity contribution is 5.77. The third-order valence-corrected chi connectivity index (χ3v) is 2.37. The van der Waals surface area contributed by atoms with E-state index in [-0.39, 0.29) is 19.1 Å². The molecule has 0 saturated heterocycles. The Morgan fingerprint density at radius 1 is 1.50 bits per heavy atom. The Morgan fingerprint density at radius 3 is 2.83 bits per heavy atom. The zero-order valence-electron chi connectivity index (χ0n) is 10.8. The first-order chi connectivity index (χ1) is 8.61. The number of pyridine rings is 1. The topological polar surface area (TPSA) is 71.5 Å². The van der Waals surface area contributed by atoms with Gasteiger partial charge in [-0.25, -0.2) is 0 Å². The molecule has 5 heteroatoms. The molecule has 0 spiro atoms. The first-order valence-corrected chi connectivity index (χ1v) is 6.07. The molecule has 0 aliphatic carbocycles. The van der Waals surface area contributed by atoms with Crippen LogP contribution in [0, 0.1) is 5.92 Å². The van der Waals surface area contributed by atoms with Crippen molar-refractivity contribution in [2.45, 2.75) is 26.9 Å². The number of hydrogen-bond donors (Lipinski definition) is 2. The number of carbonyl (C=O) groups excluding carboxylic acids is 1. The number of nitrogens with zero attached hydrogens (tertiary/aromatic N) is 1. The second kappa shape index (κ2) is 7.66. The molecule has 0 aromatic carbocycles. The van der Waals surface area contributed by atoms with Crippen molar-refractivity contribution in [3.8, 4) is 5.75 Å². The van der Waals surface area contributed by atoms with Crippen molar-refractivity contribution in [1.82, 2.24) is 10.3 Å². The van der Waals surface area contributed by atoms with Crippen LogP contribution < -0.4 is 10.1 Å². The van der Waals surface area contributed by atoms with Crippen LogP contribution in [0.1, 0.15) is 26.0 Å². The number of aliphatic hydroxyl groups excluding tert-OH is 1. The lowest BCUT2D eigenvalue weighted by atomic mass is 10.1. The van der Waals surface area contributed by atoms with Gasteiger partial charge in [0.05, 0.1) is 18.5 Å². The molecule has 0 saturated carbocycles. The second-order valence-corrected chi connectivity index (χ2v) is 4.46. The van der Waals surface area contributed by atoms with Gasteiger partial charge in [0, 0.05) is 6.54 Å². The normalized spacial score (nSPS) is 10.4. The van der Waals surface area contributed by atoms with Gasteiger partial charge in [0.2, 0.25) is 0 Å². The van der Waals surface area contributed by atoms with Crippen LogP contribution in [-0.4, -0.2) is 29.1 Å². The van der Waals surface area contributed by atoms with E-state index < -0.39 is 0 Å². The summed E-state index contributed by atoms with van der Waals surface area (Å²) in [5.74, 6) is 0.953. The molecule has 1 amide bonds. The van der Waals surface area contributed by atoms with Gasteiger partial charge in [-0.15, -0.1) is 0 Å². The highest BCUT2D eigenvalue weighted by atomic mass is 16.5. The molecule has 0 aliphatic heterocycles. The summed E-state index contributed by atoms with van der Waals surface area (Å²) in [6, 6.07) is 3.34. The molecule has 0 radical (unpaired) electrons. The van der Waals surface area contributed by atoms with Crippen molar-refractivity contribution in [2.75, 3.05) is 13.2 Å². The molecule has 18 heavy (non-hydrogen) atoms. The quantitative estimate of drug-likeness (QED) is 0.762. The average molecular weight is 252 g/mol. The summed E-state index contributed by atoms with van der Waals surface area (Å²) in [4.78, 5) is 15.4. The molecule has 2 N–H and O–H groups in total. The highest BCUT2D eigenvalue weighted by Crippen LogP contribution is 2.08. The van der Waals surface area contributed by atoms with Gasteiger partial charge in [-0.3, -0.25) is 9.78 Å². The largest absolute Gasteiger partial charge is 0.482 e. The van der Waals surface area contributed by atoms with Gasteiger partial charge in [0.15, 0.2) is 6.61 Å². The minimum Gasteiger partial charge on any atom is -0.482 e. The van der Waals surface area contributed by atoms with Gasteiger partial charge >= 0.3 is 0 Å². The minimum atomic E-state index is -0.137. The van der Waals surface area contributed by atoms with Crippen LogP contribution in [0.3, 0.4) is 0 Å². The first kappa shape index (κ1) is 14.4. The van der Waals surface area contributed by atoms with Gasteiger partial charge in [-0.2, -0.15) is 0 Å². The highest BCUT2D eigenvalue weighted by Gasteiger charge is 2.03. The Kier molecular flexibility index (Phi) is 6.14.